The van der Waals surface area contributed by atoms with Crippen LogP contribution in [-0.4, -0.2) is 68.3 Å². The molecule has 0 aromatic carbocycles. The molecule has 1 saturated heterocycles. The van der Waals surface area contributed by atoms with E-state index in [9.17, 15) is 4.79 Å². The average molecular weight is 384 g/mol. The van der Waals surface area contributed by atoms with Gasteiger partial charge in [-0.2, -0.15) is 0 Å². The molecule has 4 rings (SSSR count). The number of piperazine rings is 1. The van der Waals surface area contributed by atoms with Gasteiger partial charge in [-0.25, -0.2) is 4.79 Å². The first-order valence-corrected chi connectivity index (χ1v) is 10.3. The van der Waals surface area contributed by atoms with Gasteiger partial charge in [-0.05, 0) is 24.5 Å². The van der Waals surface area contributed by atoms with Crippen molar-refractivity contribution >= 4 is 6.03 Å². The lowest BCUT2D eigenvalue weighted by molar-refractivity contribution is 0.135. The highest BCUT2D eigenvalue weighted by atomic mass is 16.2. The van der Waals surface area contributed by atoms with Crippen LogP contribution in [0.2, 0.25) is 0 Å². The molecule has 4 heterocycles. The zero-order chi connectivity index (χ0) is 19.2. The van der Waals surface area contributed by atoms with E-state index in [1.54, 1.807) is 6.20 Å². The number of hydrogen-bond donors (Lipinski definition) is 1. The Morgan fingerprint density at radius 1 is 1.07 bits per heavy atom. The van der Waals surface area contributed by atoms with E-state index in [1.807, 2.05) is 17.2 Å². The van der Waals surface area contributed by atoms with Gasteiger partial charge in [0.15, 0.2) is 0 Å². The fraction of sp³-hybridized carbons (Fsp3) is 0.600. The molecule has 2 aromatic rings. The predicted molar refractivity (Wildman–Crippen MR) is 106 cm³/mol. The number of fused-ring (bicyclic) bond motifs is 1. The maximum Gasteiger partial charge on any atom is 0.317 e. The molecular weight excluding hydrogens is 354 g/mol. The molecular formula is C20H29N7O. The van der Waals surface area contributed by atoms with Crippen molar-refractivity contribution in [3.63, 3.8) is 0 Å². The number of aryl methyl sites for hydroxylation is 1. The second kappa shape index (κ2) is 9.14. The fourth-order valence-electron chi connectivity index (χ4n) is 3.98. The molecule has 0 unspecified atom stereocenters. The number of amides is 2. The van der Waals surface area contributed by atoms with Crippen LogP contribution < -0.4 is 5.32 Å². The summed E-state index contributed by atoms with van der Waals surface area (Å²) >= 11 is 0. The Balaban J connectivity index is 1.20. The van der Waals surface area contributed by atoms with Crippen LogP contribution in [0.25, 0.3) is 0 Å². The summed E-state index contributed by atoms with van der Waals surface area (Å²) in [6.45, 7) is 5.79. The highest BCUT2D eigenvalue weighted by Crippen LogP contribution is 2.14. The number of pyridine rings is 1. The molecule has 0 spiro atoms. The van der Waals surface area contributed by atoms with Crippen LogP contribution in [0.5, 0.6) is 0 Å². The van der Waals surface area contributed by atoms with E-state index in [-0.39, 0.29) is 6.03 Å². The van der Waals surface area contributed by atoms with E-state index < -0.39 is 0 Å². The van der Waals surface area contributed by atoms with Gasteiger partial charge in [0.05, 0.1) is 0 Å². The molecule has 0 saturated carbocycles. The lowest BCUT2D eigenvalue weighted by Crippen LogP contribution is -2.51. The third-order valence-corrected chi connectivity index (χ3v) is 5.60. The number of carbonyl (C=O) groups excluding carboxylic acids is 1. The van der Waals surface area contributed by atoms with Crippen molar-refractivity contribution in [1.29, 1.82) is 0 Å². The van der Waals surface area contributed by atoms with Crippen LogP contribution in [0.1, 0.15) is 36.5 Å². The number of nitrogens with zero attached hydrogens (tertiary/aromatic N) is 6. The highest BCUT2D eigenvalue weighted by Gasteiger charge is 2.21. The second-order valence-electron chi connectivity index (χ2n) is 7.60. The number of hydrogen-bond acceptors (Lipinski definition) is 5. The largest absolute Gasteiger partial charge is 0.338 e. The lowest BCUT2D eigenvalue weighted by atomic mass is 10.2. The molecule has 0 bridgehead atoms. The Hall–Kier alpha value is -2.48. The predicted octanol–water partition coefficient (Wildman–Crippen LogP) is 1.47. The van der Waals surface area contributed by atoms with Gasteiger partial charge in [0, 0.05) is 71.0 Å². The van der Waals surface area contributed by atoms with Gasteiger partial charge in [-0.3, -0.25) is 9.88 Å². The van der Waals surface area contributed by atoms with E-state index >= 15 is 0 Å². The molecule has 2 aliphatic rings. The van der Waals surface area contributed by atoms with Crippen LogP contribution in [-0.2, 0) is 25.9 Å². The normalized spacial score (nSPS) is 17.8. The number of rotatable bonds is 5. The number of aromatic nitrogens is 4. The number of carbonyl (C=O) groups is 1. The summed E-state index contributed by atoms with van der Waals surface area (Å²) in [6.07, 6.45) is 9.09. The van der Waals surface area contributed by atoms with Gasteiger partial charge < -0.3 is 14.8 Å². The third kappa shape index (κ3) is 4.67. The molecule has 0 radical (unpaired) electrons. The van der Waals surface area contributed by atoms with Crippen molar-refractivity contribution < 1.29 is 4.79 Å². The van der Waals surface area contributed by atoms with E-state index in [0.717, 1.165) is 63.8 Å². The maximum atomic E-state index is 12.5. The zero-order valence-electron chi connectivity index (χ0n) is 16.4. The van der Waals surface area contributed by atoms with Gasteiger partial charge in [0.25, 0.3) is 0 Å². The van der Waals surface area contributed by atoms with Gasteiger partial charge in [0.2, 0.25) is 0 Å². The summed E-state index contributed by atoms with van der Waals surface area (Å²) in [5.41, 5.74) is 1.22. The maximum absolute atomic E-state index is 12.5. The summed E-state index contributed by atoms with van der Waals surface area (Å²) in [4.78, 5) is 20.9. The Morgan fingerprint density at radius 3 is 2.79 bits per heavy atom. The summed E-state index contributed by atoms with van der Waals surface area (Å²) < 4.78 is 2.25. The van der Waals surface area contributed by atoms with Gasteiger partial charge in [-0.1, -0.05) is 12.5 Å². The molecule has 2 amide bonds. The average Bonchev–Trinajstić information content (AvgIpc) is 2.95. The number of urea groups is 1. The minimum absolute atomic E-state index is 0.0247. The van der Waals surface area contributed by atoms with Gasteiger partial charge in [0.1, 0.15) is 11.6 Å². The molecule has 28 heavy (non-hydrogen) atoms. The van der Waals surface area contributed by atoms with Crippen LogP contribution in [0.4, 0.5) is 4.79 Å². The molecule has 150 valence electrons. The SMILES string of the molecule is O=C(NCCc1nnc2n1CCCCC2)N1CCN(Cc2cccnc2)CC1. The van der Waals surface area contributed by atoms with Gasteiger partial charge >= 0.3 is 6.03 Å². The molecule has 8 heteroatoms. The molecule has 8 nitrogen and oxygen atoms in total. The van der Waals surface area contributed by atoms with Crippen molar-refractivity contribution in [2.45, 2.75) is 45.2 Å². The summed E-state index contributed by atoms with van der Waals surface area (Å²) in [5.74, 6) is 2.10. The first kappa shape index (κ1) is 18.9. The Bertz CT molecular complexity index is 768. The minimum atomic E-state index is 0.0247. The Morgan fingerprint density at radius 2 is 1.96 bits per heavy atom. The van der Waals surface area contributed by atoms with E-state index in [4.69, 9.17) is 0 Å². The fourth-order valence-corrected chi connectivity index (χ4v) is 3.98. The molecule has 1 fully saturated rings. The van der Waals surface area contributed by atoms with Crippen LogP contribution in [0.3, 0.4) is 0 Å². The first-order chi connectivity index (χ1) is 13.8. The second-order valence-corrected chi connectivity index (χ2v) is 7.60. The van der Waals surface area contributed by atoms with Crippen molar-refractivity contribution in [2.24, 2.45) is 0 Å². The quantitative estimate of drug-likeness (QED) is 0.846. The Labute approximate surface area is 165 Å². The van der Waals surface area contributed by atoms with Crippen molar-refractivity contribution in [2.75, 3.05) is 32.7 Å². The van der Waals surface area contributed by atoms with Crippen molar-refractivity contribution in [3.05, 3.63) is 41.7 Å². The lowest BCUT2D eigenvalue weighted by Gasteiger charge is -2.34. The summed E-state index contributed by atoms with van der Waals surface area (Å²) in [7, 11) is 0. The summed E-state index contributed by atoms with van der Waals surface area (Å²) in [6, 6.07) is 4.08. The standard InChI is InChI=1S/C20H29N7O/c28-20(22-9-7-19-24-23-18-6-2-1-3-10-27(18)19)26-13-11-25(12-14-26)16-17-5-4-8-21-15-17/h4-5,8,15H,1-3,6-7,9-14,16H2,(H,22,28). The zero-order valence-corrected chi connectivity index (χ0v) is 16.4. The molecule has 2 aliphatic heterocycles. The van der Waals surface area contributed by atoms with Crippen molar-refractivity contribution in [3.8, 4) is 0 Å². The van der Waals surface area contributed by atoms with Crippen LogP contribution in [0.15, 0.2) is 24.5 Å². The third-order valence-electron chi connectivity index (χ3n) is 5.60. The van der Waals surface area contributed by atoms with Gasteiger partial charge in [-0.15, -0.1) is 10.2 Å². The van der Waals surface area contributed by atoms with E-state index in [0.29, 0.717) is 6.54 Å². The van der Waals surface area contributed by atoms with Crippen molar-refractivity contribution in [1.82, 2.24) is 34.9 Å². The Kier molecular flexibility index (Phi) is 6.16. The van der Waals surface area contributed by atoms with Crippen LogP contribution in [0, 0.1) is 0 Å². The highest BCUT2D eigenvalue weighted by molar-refractivity contribution is 5.74. The van der Waals surface area contributed by atoms with Crippen LogP contribution >= 0.6 is 0 Å². The van der Waals surface area contributed by atoms with E-state index in [2.05, 4.69) is 36.0 Å². The smallest absolute Gasteiger partial charge is 0.317 e. The monoisotopic (exact) mass is 383 g/mol. The minimum Gasteiger partial charge on any atom is -0.338 e. The molecule has 1 N–H and O–H groups in total. The molecule has 0 atom stereocenters. The summed E-state index contributed by atoms with van der Waals surface area (Å²) in [5, 5.41) is 11.7. The first-order valence-electron chi connectivity index (χ1n) is 10.3. The topological polar surface area (TPSA) is 79.2 Å². The number of nitrogens with one attached hydrogen (secondary N) is 1. The molecule has 0 aliphatic carbocycles. The molecule has 2 aromatic heterocycles. The van der Waals surface area contributed by atoms with E-state index in [1.165, 1.54) is 24.8 Å².